The third kappa shape index (κ3) is 5.65. The molecule has 0 radical (unpaired) electrons. The standard InChI is InChI=1S/C25H32FN9O2/c1-16-12-22(33-32-16)29-23-19-15-28-35(18-6-9-37-10-7-18)24(19)31-25(30-23)27-14-17-4-5-20(26)21(13-17)34(2)8-11-36-3/h4-5,12-13,15,18H,6-11,14H2,1-3H3,(H3,27,29,30,31,32,33). The fourth-order valence-corrected chi connectivity index (χ4v) is 4.39. The zero-order chi connectivity index (χ0) is 25.8. The first-order valence-corrected chi connectivity index (χ1v) is 12.4. The Bertz CT molecular complexity index is 1350. The quantitative estimate of drug-likeness (QED) is 0.293. The number of ether oxygens (including phenoxy) is 2. The average Bonchev–Trinajstić information content (AvgIpc) is 3.53. The zero-order valence-electron chi connectivity index (χ0n) is 21.3. The van der Waals surface area contributed by atoms with E-state index in [1.165, 1.54) is 6.07 Å². The molecule has 0 bridgehead atoms. The first-order valence-electron chi connectivity index (χ1n) is 12.4. The minimum Gasteiger partial charge on any atom is -0.383 e. The Kier molecular flexibility index (Phi) is 7.47. The Morgan fingerprint density at radius 1 is 1.24 bits per heavy atom. The predicted molar refractivity (Wildman–Crippen MR) is 140 cm³/mol. The van der Waals surface area contributed by atoms with Crippen molar-refractivity contribution in [2.24, 2.45) is 0 Å². The molecule has 0 unspecified atom stereocenters. The zero-order valence-corrected chi connectivity index (χ0v) is 21.3. The summed E-state index contributed by atoms with van der Waals surface area (Å²) in [7, 11) is 3.48. The van der Waals surface area contributed by atoms with Crippen LogP contribution in [0.25, 0.3) is 11.0 Å². The van der Waals surface area contributed by atoms with E-state index in [0.29, 0.717) is 56.2 Å². The monoisotopic (exact) mass is 509 g/mol. The van der Waals surface area contributed by atoms with Crippen molar-refractivity contribution in [3.05, 3.63) is 47.5 Å². The molecule has 4 aromatic rings. The topological polar surface area (TPSA) is 118 Å². The van der Waals surface area contributed by atoms with Crippen LogP contribution >= 0.6 is 0 Å². The van der Waals surface area contributed by atoms with Gasteiger partial charge in [0.15, 0.2) is 11.5 Å². The summed E-state index contributed by atoms with van der Waals surface area (Å²) in [5.41, 5.74) is 3.09. The van der Waals surface area contributed by atoms with Gasteiger partial charge in [0.1, 0.15) is 11.6 Å². The largest absolute Gasteiger partial charge is 0.383 e. The van der Waals surface area contributed by atoms with Crippen LogP contribution in [0.5, 0.6) is 0 Å². The fraction of sp³-hybridized carbons (Fsp3) is 0.440. The molecule has 1 saturated heterocycles. The first kappa shape index (κ1) is 24.9. The summed E-state index contributed by atoms with van der Waals surface area (Å²) >= 11 is 0. The summed E-state index contributed by atoms with van der Waals surface area (Å²) in [4.78, 5) is 11.4. The Labute approximate surface area is 214 Å². The van der Waals surface area contributed by atoms with Gasteiger partial charge in [-0.05, 0) is 37.5 Å². The molecule has 12 heteroatoms. The number of aromatic amines is 1. The summed E-state index contributed by atoms with van der Waals surface area (Å²) in [6.45, 7) is 4.86. The highest BCUT2D eigenvalue weighted by Crippen LogP contribution is 2.30. The van der Waals surface area contributed by atoms with Crippen LogP contribution in [-0.2, 0) is 16.0 Å². The Balaban J connectivity index is 1.43. The minimum absolute atomic E-state index is 0.205. The third-order valence-corrected chi connectivity index (χ3v) is 6.45. The van der Waals surface area contributed by atoms with Gasteiger partial charge in [-0.3, -0.25) is 5.10 Å². The number of methoxy groups -OCH3 is 1. The maximum absolute atomic E-state index is 14.5. The van der Waals surface area contributed by atoms with E-state index in [2.05, 4.69) is 25.9 Å². The lowest BCUT2D eigenvalue weighted by Gasteiger charge is -2.22. The number of likely N-dealkylation sites (N-methyl/N-ethyl adjacent to an activating group) is 1. The lowest BCUT2D eigenvalue weighted by molar-refractivity contribution is 0.0673. The molecular weight excluding hydrogens is 477 g/mol. The number of hydrogen-bond donors (Lipinski definition) is 3. The van der Waals surface area contributed by atoms with E-state index < -0.39 is 0 Å². The molecule has 0 amide bonds. The maximum Gasteiger partial charge on any atom is 0.227 e. The van der Waals surface area contributed by atoms with Gasteiger partial charge >= 0.3 is 0 Å². The van der Waals surface area contributed by atoms with Crippen molar-refractivity contribution in [2.45, 2.75) is 32.4 Å². The normalized spacial score (nSPS) is 14.3. The highest BCUT2D eigenvalue weighted by atomic mass is 19.1. The molecule has 0 aliphatic carbocycles. The SMILES string of the molecule is COCCN(C)c1cc(CNc2nc(Nc3cc(C)[nH]n3)c3cnn(C4CCOCC4)c3n2)ccc1F. The molecule has 3 N–H and O–H groups in total. The molecule has 1 fully saturated rings. The molecule has 0 saturated carbocycles. The van der Waals surface area contributed by atoms with Crippen molar-refractivity contribution in [1.82, 2.24) is 29.9 Å². The molecule has 5 rings (SSSR count). The number of hydrogen-bond acceptors (Lipinski definition) is 9. The van der Waals surface area contributed by atoms with Gasteiger partial charge in [0.2, 0.25) is 5.95 Å². The number of aromatic nitrogens is 6. The number of aryl methyl sites for hydroxylation is 1. The number of nitrogens with one attached hydrogen (secondary N) is 3. The fourth-order valence-electron chi connectivity index (χ4n) is 4.39. The predicted octanol–water partition coefficient (Wildman–Crippen LogP) is 3.79. The Morgan fingerprint density at radius 3 is 2.84 bits per heavy atom. The van der Waals surface area contributed by atoms with Gasteiger partial charge in [-0.2, -0.15) is 20.2 Å². The van der Waals surface area contributed by atoms with Crippen LogP contribution in [-0.4, -0.2) is 70.5 Å². The molecule has 11 nitrogen and oxygen atoms in total. The van der Waals surface area contributed by atoms with E-state index in [-0.39, 0.29) is 11.9 Å². The third-order valence-electron chi connectivity index (χ3n) is 6.45. The number of halogens is 1. The summed E-state index contributed by atoms with van der Waals surface area (Å²) in [6, 6.07) is 7.18. The summed E-state index contributed by atoms with van der Waals surface area (Å²) in [5, 5.41) is 19.3. The van der Waals surface area contributed by atoms with Crippen molar-refractivity contribution >= 4 is 34.3 Å². The summed E-state index contributed by atoms with van der Waals surface area (Å²) in [5.74, 6) is 1.43. The first-order chi connectivity index (χ1) is 18.0. The van der Waals surface area contributed by atoms with E-state index in [1.807, 2.05) is 35.7 Å². The summed E-state index contributed by atoms with van der Waals surface area (Å²) in [6.07, 6.45) is 3.54. The van der Waals surface area contributed by atoms with E-state index in [1.54, 1.807) is 19.4 Å². The van der Waals surface area contributed by atoms with Crippen molar-refractivity contribution in [2.75, 3.05) is 56.1 Å². The highest BCUT2D eigenvalue weighted by Gasteiger charge is 2.22. The second kappa shape index (κ2) is 11.1. The lowest BCUT2D eigenvalue weighted by Crippen LogP contribution is -2.23. The van der Waals surface area contributed by atoms with Crippen LogP contribution in [0.15, 0.2) is 30.5 Å². The summed E-state index contributed by atoms with van der Waals surface area (Å²) < 4.78 is 27.1. The molecule has 1 aliphatic heterocycles. The molecule has 1 aliphatic rings. The number of rotatable bonds is 10. The van der Waals surface area contributed by atoms with E-state index in [4.69, 9.17) is 19.4 Å². The van der Waals surface area contributed by atoms with Gasteiger partial charge < -0.3 is 25.0 Å². The van der Waals surface area contributed by atoms with Gasteiger partial charge in [-0.1, -0.05) is 6.07 Å². The van der Waals surface area contributed by atoms with E-state index in [0.717, 1.165) is 35.1 Å². The second-order valence-corrected chi connectivity index (χ2v) is 9.18. The van der Waals surface area contributed by atoms with Crippen LogP contribution < -0.4 is 15.5 Å². The van der Waals surface area contributed by atoms with Crippen molar-refractivity contribution in [3.63, 3.8) is 0 Å². The molecule has 4 heterocycles. The average molecular weight is 510 g/mol. The van der Waals surface area contributed by atoms with Gasteiger partial charge in [-0.25, -0.2) is 9.07 Å². The minimum atomic E-state index is -0.277. The van der Waals surface area contributed by atoms with Crippen LogP contribution in [0.1, 0.15) is 30.1 Å². The van der Waals surface area contributed by atoms with E-state index >= 15 is 0 Å². The van der Waals surface area contributed by atoms with Gasteiger partial charge in [0.05, 0.1) is 29.9 Å². The van der Waals surface area contributed by atoms with Crippen molar-refractivity contribution in [1.29, 1.82) is 0 Å². The van der Waals surface area contributed by atoms with Crippen LogP contribution in [0.3, 0.4) is 0 Å². The molecule has 37 heavy (non-hydrogen) atoms. The molecule has 3 aromatic heterocycles. The van der Waals surface area contributed by atoms with Crippen LogP contribution in [0, 0.1) is 12.7 Å². The number of H-pyrrole nitrogens is 1. The van der Waals surface area contributed by atoms with Crippen LogP contribution in [0.4, 0.5) is 27.7 Å². The molecule has 196 valence electrons. The van der Waals surface area contributed by atoms with Gasteiger partial charge in [0.25, 0.3) is 0 Å². The number of anilines is 4. The van der Waals surface area contributed by atoms with Gasteiger partial charge in [-0.15, -0.1) is 0 Å². The molecular formula is C25H32FN9O2. The lowest BCUT2D eigenvalue weighted by atomic mass is 10.1. The van der Waals surface area contributed by atoms with Crippen LogP contribution in [0.2, 0.25) is 0 Å². The molecule has 0 atom stereocenters. The van der Waals surface area contributed by atoms with E-state index in [9.17, 15) is 4.39 Å². The number of nitrogens with zero attached hydrogens (tertiary/aromatic N) is 6. The Hall–Kier alpha value is -3.77. The smallest absolute Gasteiger partial charge is 0.227 e. The van der Waals surface area contributed by atoms with Crippen molar-refractivity contribution in [3.8, 4) is 0 Å². The Morgan fingerprint density at radius 2 is 2.08 bits per heavy atom. The number of benzene rings is 1. The van der Waals surface area contributed by atoms with Gasteiger partial charge in [0, 0.05) is 52.2 Å². The second-order valence-electron chi connectivity index (χ2n) is 9.18. The molecule has 0 spiro atoms. The maximum atomic E-state index is 14.5. The number of fused-ring (bicyclic) bond motifs is 1. The van der Waals surface area contributed by atoms with Crippen molar-refractivity contribution < 1.29 is 13.9 Å². The molecule has 1 aromatic carbocycles. The highest BCUT2D eigenvalue weighted by molar-refractivity contribution is 5.89.